The van der Waals surface area contributed by atoms with Gasteiger partial charge in [-0.1, -0.05) is 0 Å². The number of piperidine rings is 1. The second-order valence-corrected chi connectivity index (χ2v) is 8.58. The average molecular weight is 362 g/mol. The number of nitrogens with zero attached hydrogens (tertiary/aromatic N) is 2. The van der Waals surface area contributed by atoms with Gasteiger partial charge in [0.25, 0.3) is 0 Å². The van der Waals surface area contributed by atoms with Gasteiger partial charge in [-0.25, -0.2) is 0 Å². The molecule has 0 unspecified atom stereocenters. The quantitative estimate of drug-likeness (QED) is 0.895. The third-order valence-corrected chi connectivity index (χ3v) is 7.01. The van der Waals surface area contributed by atoms with Gasteiger partial charge in [-0.15, -0.1) is 0 Å². The molecular formula is C19H27N3O2S. The highest BCUT2D eigenvalue weighted by Gasteiger charge is 2.58. The van der Waals surface area contributed by atoms with Gasteiger partial charge in [-0.2, -0.15) is 11.3 Å². The van der Waals surface area contributed by atoms with Crippen LogP contribution < -0.4 is 5.32 Å². The molecule has 1 saturated carbocycles. The van der Waals surface area contributed by atoms with Crippen molar-refractivity contribution in [2.45, 2.75) is 57.7 Å². The van der Waals surface area contributed by atoms with Crippen LogP contribution in [-0.4, -0.2) is 53.3 Å². The minimum absolute atomic E-state index is 0.0266. The molecule has 136 valence electrons. The van der Waals surface area contributed by atoms with Crippen LogP contribution in [0.25, 0.3) is 0 Å². The smallest absolute Gasteiger partial charge is 0.245 e. The molecule has 0 radical (unpaired) electrons. The molecule has 4 rings (SSSR count). The van der Waals surface area contributed by atoms with Crippen LogP contribution in [0.4, 0.5) is 0 Å². The van der Waals surface area contributed by atoms with Crippen LogP contribution in [0, 0.1) is 5.41 Å². The summed E-state index contributed by atoms with van der Waals surface area (Å²) in [4.78, 5) is 29.2. The van der Waals surface area contributed by atoms with E-state index in [2.05, 4.69) is 27.0 Å². The van der Waals surface area contributed by atoms with Crippen molar-refractivity contribution in [3.05, 3.63) is 22.4 Å². The van der Waals surface area contributed by atoms with Gasteiger partial charge in [-0.3, -0.25) is 9.59 Å². The number of hydrogen-bond donors (Lipinski definition) is 1. The van der Waals surface area contributed by atoms with Crippen LogP contribution in [0.15, 0.2) is 16.8 Å². The Kier molecular flexibility index (Phi) is 4.58. The summed E-state index contributed by atoms with van der Waals surface area (Å²) in [6.07, 6.45) is 5.18. The maximum absolute atomic E-state index is 13.4. The van der Waals surface area contributed by atoms with Crippen LogP contribution >= 0.6 is 11.3 Å². The van der Waals surface area contributed by atoms with Gasteiger partial charge in [0, 0.05) is 26.1 Å². The molecule has 1 N–H and O–H groups in total. The number of amides is 2. The number of nitrogens with one attached hydrogen (secondary N) is 1. The van der Waals surface area contributed by atoms with Crippen molar-refractivity contribution in [1.82, 2.24) is 15.1 Å². The molecule has 2 amide bonds. The molecule has 5 nitrogen and oxygen atoms in total. The Morgan fingerprint density at radius 2 is 2.20 bits per heavy atom. The van der Waals surface area contributed by atoms with Crippen molar-refractivity contribution in [2.75, 3.05) is 19.6 Å². The number of carbonyl (C=O) groups excluding carboxylic acids is 2. The summed E-state index contributed by atoms with van der Waals surface area (Å²) < 4.78 is 0. The Balaban J connectivity index is 1.55. The van der Waals surface area contributed by atoms with E-state index in [0.29, 0.717) is 18.0 Å². The Morgan fingerprint density at radius 3 is 2.88 bits per heavy atom. The van der Waals surface area contributed by atoms with E-state index in [4.69, 9.17) is 0 Å². The van der Waals surface area contributed by atoms with Gasteiger partial charge in [0.2, 0.25) is 11.8 Å². The zero-order valence-electron chi connectivity index (χ0n) is 14.9. The Bertz CT molecular complexity index is 639. The van der Waals surface area contributed by atoms with Crippen molar-refractivity contribution in [2.24, 2.45) is 5.41 Å². The van der Waals surface area contributed by atoms with E-state index in [1.807, 2.05) is 0 Å². The van der Waals surface area contributed by atoms with Gasteiger partial charge >= 0.3 is 0 Å². The maximum Gasteiger partial charge on any atom is 0.245 e. The Morgan fingerprint density at radius 1 is 1.40 bits per heavy atom. The molecule has 6 heteroatoms. The van der Waals surface area contributed by atoms with Gasteiger partial charge in [0.15, 0.2) is 0 Å². The maximum atomic E-state index is 13.4. The standard InChI is InChI=1S/C19H27N3O2S/c1-14(23)21-9-2-3-16(21)18(24)22(12-15-4-10-25-13-15)17-11-19(17)5-7-20-8-6-19/h4,10,13,16-17,20H,2-3,5-9,11-12H2,1H3/t16-,17-/m1/s1. The molecule has 25 heavy (non-hydrogen) atoms. The summed E-state index contributed by atoms with van der Waals surface area (Å²) in [5, 5.41) is 7.64. The SMILES string of the molecule is CC(=O)N1CCC[C@@H]1C(=O)N(Cc1ccsc1)[C@@H]1CC12CCNCC2. The Hall–Kier alpha value is -1.40. The third kappa shape index (κ3) is 3.22. The summed E-state index contributed by atoms with van der Waals surface area (Å²) >= 11 is 1.68. The molecule has 1 aliphatic carbocycles. The van der Waals surface area contributed by atoms with E-state index in [1.165, 1.54) is 5.56 Å². The number of thiophene rings is 1. The van der Waals surface area contributed by atoms with Gasteiger partial charge in [0.05, 0.1) is 0 Å². The fraction of sp³-hybridized carbons (Fsp3) is 0.684. The van der Waals surface area contributed by atoms with Crippen molar-refractivity contribution >= 4 is 23.2 Å². The fourth-order valence-electron chi connectivity index (χ4n) is 4.74. The molecule has 0 aromatic carbocycles. The molecule has 3 heterocycles. The lowest BCUT2D eigenvalue weighted by Gasteiger charge is -2.33. The van der Waals surface area contributed by atoms with Crippen molar-refractivity contribution in [3.63, 3.8) is 0 Å². The summed E-state index contributed by atoms with van der Waals surface area (Å²) in [6, 6.07) is 2.20. The van der Waals surface area contributed by atoms with E-state index >= 15 is 0 Å². The van der Waals surface area contributed by atoms with Crippen LogP contribution in [0.5, 0.6) is 0 Å². The molecular weight excluding hydrogens is 334 g/mol. The van der Waals surface area contributed by atoms with Gasteiger partial charge < -0.3 is 15.1 Å². The summed E-state index contributed by atoms with van der Waals surface area (Å²) in [6.45, 7) is 5.10. The third-order valence-electron chi connectivity index (χ3n) is 6.28. The van der Waals surface area contributed by atoms with Gasteiger partial charge in [0.1, 0.15) is 6.04 Å². The van der Waals surface area contributed by atoms with E-state index in [9.17, 15) is 9.59 Å². The molecule has 2 aliphatic heterocycles. The van der Waals surface area contributed by atoms with Crippen molar-refractivity contribution < 1.29 is 9.59 Å². The highest BCUT2D eigenvalue weighted by molar-refractivity contribution is 7.07. The molecule has 1 aromatic rings. The normalized spacial score (nSPS) is 27.5. The second kappa shape index (κ2) is 6.72. The largest absolute Gasteiger partial charge is 0.333 e. The first-order valence-corrected chi connectivity index (χ1v) is 10.3. The monoisotopic (exact) mass is 361 g/mol. The lowest BCUT2D eigenvalue weighted by Crippen LogP contribution is -2.49. The van der Waals surface area contributed by atoms with E-state index in [-0.39, 0.29) is 17.9 Å². The first kappa shape index (κ1) is 17.0. The molecule has 3 fully saturated rings. The molecule has 0 bridgehead atoms. The second-order valence-electron chi connectivity index (χ2n) is 7.80. The zero-order chi connectivity index (χ0) is 17.4. The molecule has 1 spiro atoms. The highest BCUT2D eigenvalue weighted by Crippen LogP contribution is 2.56. The zero-order valence-corrected chi connectivity index (χ0v) is 15.7. The first-order chi connectivity index (χ1) is 12.1. The lowest BCUT2D eigenvalue weighted by molar-refractivity contribution is -0.144. The number of rotatable bonds is 4. The van der Waals surface area contributed by atoms with Crippen LogP contribution in [0.1, 0.15) is 44.6 Å². The molecule has 2 atom stereocenters. The van der Waals surface area contributed by atoms with Gasteiger partial charge in [-0.05, 0) is 73.0 Å². The predicted octanol–water partition coefficient (Wildman–Crippen LogP) is 2.23. The minimum Gasteiger partial charge on any atom is -0.333 e. The van der Waals surface area contributed by atoms with Crippen LogP contribution in [0.2, 0.25) is 0 Å². The van der Waals surface area contributed by atoms with E-state index in [1.54, 1.807) is 23.2 Å². The average Bonchev–Trinajstić information content (AvgIpc) is 3.06. The summed E-state index contributed by atoms with van der Waals surface area (Å²) in [5.41, 5.74) is 1.53. The molecule has 1 aromatic heterocycles. The fourth-order valence-corrected chi connectivity index (χ4v) is 5.40. The highest BCUT2D eigenvalue weighted by atomic mass is 32.1. The van der Waals surface area contributed by atoms with E-state index in [0.717, 1.165) is 51.7 Å². The number of hydrogen-bond acceptors (Lipinski definition) is 4. The lowest BCUT2D eigenvalue weighted by atomic mass is 9.93. The van der Waals surface area contributed by atoms with Crippen molar-refractivity contribution in [3.8, 4) is 0 Å². The topological polar surface area (TPSA) is 52.7 Å². The number of likely N-dealkylation sites (tertiary alicyclic amines) is 1. The summed E-state index contributed by atoms with van der Waals surface area (Å²) in [7, 11) is 0. The van der Waals surface area contributed by atoms with Crippen LogP contribution in [0.3, 0.4) is 0 Å². The molecule has 3 aliphatic rings. The van der Waals surface area contributed by atoms with E-state index < -0.39 is 0 Å². The Labute approximate surface area is 153 Å². The molecule has 2 saturated heterocycles. The number of carbonyl (C=O) groups is 2. The van der Waals surface area contributed by atoms with Crippen LogP contribution in [-0.2, 0) is 16.1 Å². The minimum atomic E-state index is -0.254. The van der Waals surface area contributed by atoms with Crippen molar-refractivity contribution in [1.29, 1.82) is 0 Å². The summed E-state index contributed by atoms with van der Waals surface area (Å²) in [5.74, 6) is 0.193. The first-order valence-electron chi connectivity index (χ1n) is 9.40. The predicted molar refractivity (Wildman–Crippen MR) is 98.2 cm³/mol.